The van der Waals surface area contributed by atoms with Crippen LogP contribution in [0.3, 0.4) is 0 Å². The Morgan fingerprint density at radius 2 is 1.19 bits per heavy atom. The average molecular weight is 331 g/mol. The van der Waals surface area contributed by atoms with E-state index in [4.69, 9.17) is 12.2 Å². The first-order valence-electron chi connectivity index (χ1n) is 9.28. The highest BCUT2D eigenvalue weighted by Gasteiger charge is 2.28. The Morgan fingerprint density at radius 3 is 1.67 bits per heavy atom. The molecule has 1 unspecified atom stereocenters. The fraction of sp³-hybridized carbons (Fsp3) is 0.947. The van der Waals surface area contributed by atoms with Gasteiger partial charge in [0.2, 0.25) is 0 Å². The summed E-state index contributed by atoms with van der Waals surface area (Å²) in [7, 11) is 0. The molecule has 0 aromatic rings. The SMILES string of the molecule is CCCCCCCCC(C)(CCCCCC)C(=S)SCC. The van der Waals surface area contributed by atoms with Gasteiger partial charge < -0.3 is 0 Å². The van der Waals surface area contributed by atoms with E-state index in [1.54, 1.807) is 0 Å². The van der Waals surface area contributed by atoms with Gasteiger partial charge in [0.15, 0.2) is 0 Å². The second-order valence-electron chi connectivity index (χ2n) is 6.61. The first-order chi connectivity index (χ1) is 10.1. The molecule has 0 aromatic heterocycles. The molecule has 0 heterocycles. The van der Waals surface area contributed by atoms with Gasteiger partial charge in [-0.15, -0.1) is 11.8 Å². The van der Waals surface area contributed by atoms with Gasteiger partial charge in [-0.05, 0) is 18.6 Å². The minimum atomic E-state index is 0.300. The van der Waals surface area contributed by atoms with Gasteiger partial charge in [-0.2, -0.15) is 0 Å². The van der Waals surface area contributed by atoms with E-state index in [-0.39, 0.29) is 0 Å². The molecule has 0 saturated carbocycles. The summed E-state index contributed by atoms with van der Waals surface area (Å²) in [5.41, 5.74) is 0.300. The molecule has 2 heteroatoms. The monoisotopic (exact) mass is 330 g/mol. The van der Waals surface area contributed by atoms with Crippen molar-refractivity contribution in [3.8, 4) is 0 Å². The van der Waals surface area contributed by atoms with Crippen molar-refractivity contribution in [1.29, 1.82) is 0 Å². The maximum atomic E-state index is 5.75. The van der Waals surface area contributed by atoms with Crippen LogP contribution in [0.4, 0.5) is 0 Å². The zero-order valence-corrected chi connectivity index (χ0v) is 16.6. The van der Waals surface area contributed by atoms with Crippen LogP contribution in [-0.4, -0.2) is 9.95 Å². The van der Waals surface area contributed by atoms with E-state index in [2.05, 4.69) is 27.7 Å². The minimum absolute atomic E-state index is 0.300. The van der Waals surface area contributed by atoms with Crippen molar-refractivity contribution in [2.24, 2.45) is 5.41 Å². The highest BCUT2D eigenvalue weighted by Crippen LogP contribution is 2.37. The van der Waals surface area contributed by atoms with Crippen LogP contribution in [0.25, 0.3) is 0 Å². The largest absolute Gasteiger partial charge is 0.119 e. The molecule has 0 N–H and O–H groups in total. The molecule has 0 nitrogen and oxygen atoms in total. The maximum Gasteiger partial charge on any atom is 0.0537 e. The summed E-state index contributed by atoms with van der Waals surface area (Å²) in [6.07, 6.45) is 16.3. The predicted molar refractivity (Wildman–Crippen MR) is 106 cm³/mol. The smallest absolute Gasteiger partial charge is 0.0537 e. The van der Waals surface area contributed by atoms with Crippen molar-refractivity contribution in [1.82, 2.24) is 0 Å². The lowest BCUT2D eigenvalue weighted by atomic mass is 9.81. The van der Waals surface area contributed by atoms with Gasteiger partial charge in [0.05, 0.1) is 4.20 Å². The van der Waals surface area contributed by atoms with Crippen molar-refractivity contribution >= 4 is 28.2 Å². The molecule has 0 bridgehead atoms. The Balaban J connectivity index is 4.14. The summed E-state index contributed by atoms with van der Waals surface area (Å²) in [6.45, 7) is 9.22. The molecule has 126 valence electrons. The molecule has 0 radical (unpaired) electrons. The highest BCUT2D eigenvalue weighted by molar-refractivity contribution is 8.23. The fourth-order valence-electron chi connectivity index (χ4n) is 2.87. The van der Waals surface area contributed by atoms with Crippen LogP contribution in [-0.2, 0) is 0 Å². The normalized spacial score (nSPS) is 14.1. The molecule has 0 saturated heterocycles. The van der Waals surface area contributed by atoms with E-state index >= 15 is 0 Å². The molecule has 0 amide bonds. The minimum Gasteiger partial charge on any atom is -0.119 e. The molecule has 0 aliphatic rings. The number of hydrogen-bond donors (Lipinski definition) is 0. The summed E-state index contributed by atoms with van der Waals surface area (Å²) >= 11 is 7.65. The highest BCUT2D eigenvalue weighted by atomic mass is 32.2. The molecule has 21 heavy (non-hydrogen) atoms. The van der Waals surface area contributed by atoms with E-state index in [9.17, 15) is 0 Å². The van der Waals surface area contributed by atoms with Crippen LogP contribution in [0.2, 0.25) is 0 Å². The summed E-state index contributed by atoms with van der Waals surface area (Å²) < 4.78 is 1.27. The molecule has 1 atom stereocenters. The lowest BCUT2D eigenvalue weighted by molar-refractivity contribution is 0.365. The Morgan fingerprint density at radius 1 is 0.762 bits per heavy atom. The topological polar surface area (TPSA) is 0 Å². The fourth-order valence-corrected chi connectivity index (χ4v) is 4.24. The van der Waals surface area contributed by atoms with E-state index in [1.807, 2.05) is 11.8 Å². The van der Waals surface area contributed by atoms with Crippen LogP contribution >= 0.6 is 24.0 Å². The summed E-state index contributed by atoms with van der Waals surface area (Å²) in [5, 5.41) is 0. The number of hydrogen-bond acceptors (Lipinski definition) is 2. The Labute approximate surface area is 144 Å². The van der Waals surface area contributed by atoms with E-state index < -0.39 is 0 Å². The van der Waals surface area contributed by atoms with Gasteiger partial charge in [0, 0.05) is 5.41 Å². The quantitative estimate of drug-likeness (QED) is 0.235. The zero-order chi connectivity index (χ0) is 16.0. The first kappa shape index (κ1) is 21.4. The molecule has 0 rings (SSSR count). The van der Waals surface area contributed by atoms with E-state index in [0.717, 1.165) is 5.75 Å². The molecule has 0 aromatic carbocycles. The van der Waals surface area contributed by atoms with Crippen LogP contribution in [0, 0.1) is 5.41 Å². The number of thioether (sulfide) groups is 1. The standard InChI is InChI=1S/C19H38S2/c1-5-8-10-12-13-15-17-19(4,18(20)21-7-3)16-14-11-9-6-2/h5-17H2,1-4H3. The molecule has 0 aliphatic carbocycles. The molecule has 0 spiro atoms. The Bertz CT molecular complexity index is 250. The van der Waals surface area contributed by atoms with Gasteiger partial charge in [-0.1, -0.05) is 104 Å². The van der Waals surface area contributed by atoms with Crippen molar-refractivity contribution in [3.05, 3.63) is 0 Å². The number of thiocarbonyl (C=S) groups is 1. The van der Waals surface area contributed by atoms with E-state index in [0.29, 0.717) is 5.41 Å². The summed E-state index contributed by atoms with van der Waals surface area (Å²) in [6, 6.07) is 0. The third kappa shape index (κ3) is 10.7. The predicted octanol–water partition coefficient (Wildman–Crippen LogP) is 7.79. The maximum absolute atomic E-state index is 5.75. The first-order valence-corrected chi connectivity index (χ1v) is 10.7. The summed E-state index contributed by atoms with van der Waals surface area (Å²) in [5.74, 6) is 1.12. The van der Waals surface area contributed by atoms with Gasteiger partial charge in [-0.25, -0.2) is 0 Å². The average Bonchev–Trinajstić information content (AvgIpc) is 2.47. The second-order valence-corrected chi connectivity index (χ2v) is 8.55. The van der Waals surface area contributed by atoms with Crippen LogP contribution in [0.15, 0.2) is 0 Å². The molecular weight excluding hydrogens is 292 g/mol. The Hall–Kier alpha value is 0.440. The van der Waals surface area contributed by atoms with E-state index in [1.165, 1.54) is 81.2 Å². The number of unbranched alkanes of at least 4 members (excludes halogenated alkanes) is 8. The van der Waals surface area contributed by atoms with Gasteiger partial charge in [-0.3, -0.25) is 0 Å². The third-order valence-corrected chi connectivity index (χ3v) is 6.32. The lowest BCUT2D eigenvalue weighted by Gasteiger charge is -2.30. The van der Waals surface area contributed by atoms with Gasteiger partial charge in [0.1, 0.15) is 0 Å². The third-order valence-electron chi connectivity index (χ3n) is 4.43. The van der Waals surface area contributed by atoms with Crippen molar-refractivity contribution in [2.45, 2.75) is 105 Å². The molecule has 0 fully saturated rings. The van der Waals surface area contributed by atoms with Crippen LogP contribution in [0.5, 0.6) is 0 Å². The lowest BCUT2D eigenvalue weighted by Crippen LogP contribution is -2.24. The Kier molecular flexibility index (Phi) is 14.4. The molecular formula is C19H38S2. The second kappa shape index (κ2) is 14.1. The van der Waals surface area contributed by atoms with Crippen molar-refractivity contribution < 1.29 is 0 Å². The van der Waals surface area contributed by atoms with Crippen molar-refractivity contribution in [3.63, 3.8) is 0 Å². The molecule has 0 aliphatic heterocycles. The summed E-state index contributed by atoms with van der Waals surface area (Å²) in [4.78, 5) is 0. The van der Waals surface area contributed by atoms with Gasteiger partial charge >= 0.3 is 0 Å². The zero-order valence-electron chi connectivity index (χ0n) is 15.0. The number of rotatable bonds is 14. The van der Waals surface area contributed by atoms with Crippen LogP contribution < -0.4 is 0 Å². The van der Waals surface area contributed by atoms with Gasteiger partial charge in [0.25, 0.3) is 0 Å². The van der Waals surface area contributed by atoms with Crippen molar-refractivity contribution in [2.75, 3.05) is 5.75 Å². The van der Waals surface area contributed by atoms with Crippen LogP contribution in [0.1, 0.15) is 105 Å².